The molecule has 0 fully saturated rings. The van der Waals surface area contributed by atoms with E-state index in [0.29, 0.717) is 11.4 Å². The van der Waals surface area contributed by atoms with E-state index in [-0.39, 0.29) is 11.7 Å². The highest BCUT2D eigenvalue weighted by Crippen LogP contribution is 2.19. The monoisotopic (exact) mass is 337 g/mol. The first kappa shape index (κ1) is 14.5. The van der Waals surface area contributed by atoms with Crippen LogP contribution in [0.15, 0.2) is 53.0 Å². The van der Waals surface area contributed by atoms with Crippen LogP contribution >= 0.6 is 15.9 Å². The lowest BCUT2D eigenvalue weighted by molar-refractivity contribution is -0.122. The average Bonchev–Trinajstić information content (AvgIpc) is 2.41. The van der Waals surface area contributed by atoms with Crippen LogP contribution in [0.4, 0.5) is 10.1 Å². The Kier molecular flexibility index (Phi) is 4.74. The third-order valence-electron chi connectivity index (χ3n) is 2.59. The Bertz CT molecular complexity index is 601. The van der Waals surface area contributed by atoms with E-state index in [1.165, 1.54) is 24.3 Å². The van der Waals surface area contributed by atoms with E-state index in [4.69, 9.17) is 4.74 Å². The van der Waals surface area contributed by atoms with Gasteiger partial charge in [-0.3, -0.25) is 4.79 Å². The van der Waals surface area contributed by atoms with Crippen molar-refractivity contribution in [1.82, 2.24) is 0 Å². The maximum Gasteiger partial charge on any atom is 0.265 e. The van der Waals surface area contributed by atoms with Crippen LogP contribution in [-0.4, -0.2) is 12.0 Å². The first-order valence-electron chi connectivity index (χ1n) is 6.03. The minimum atomic E-state index is -0.658. The number of halogens is 2. The quantitative estimate of drug-likeness (QED) is 0.915. The molecular formula is C15H13BrFNO2. The predicted molar refractivity (Wildman–Crippen MR) is 79.3 cm³/mol. The fourth-order valence-electron chi connectivity index (χ4n) is 1.58. The smallest absolute Gasteiger partial charge is 0.265 e. The fraction of sp³-hybridized carbons (Fsp3) is 0.133. The van der Waals surface area contributed by atoms with E-state index in [1.807, 2.05) is 12.1 Å². The van der Waals surface area contributed by atoms with Crippen LogP contribution < -0.4 is 10.1 Å². The molecule has 20 heavy (non-hydrogen) atoms. The standard InChI is InChI=1S/C15H13BrFNO2/c1-10(20-14-4-2-3-11(16)9-14)15(19)18-13-7-5-12(17)6-8-13/h2-10H,1H3,(H,18,19)/t10-/m1/s1. The molecule has 0 aromatic heterocycles. The molecule has 2 rings (SSSR count). The zero-order chi connectivity index (χ0) is 14.5. The summed E-state index contributed by atoms with van der Waals surface area (Å²) in [4.78, 5) is 11.9. The van der Waals surface area contributed by atoms with E-state index in [1.54, 1.807) is 19.1 Å². The van der Waals surface area contributed by atoms with E-state index >= 15 is 0 Å². The number of carbonyl (C=O) groups excluding carboxylic acids is 1. The molecule has 1 atom stereocenters. The van der Waals surface area contributed by atoms with Crippen LogP contribution in [0.3, 0.4) is 0 Å². The normalized spacial score (nSPS) is 11.8. The molecule has 0 aliphatic heterocycles. The lowest BCUT2D eigenvalue weighted by atomic mass is 10.3. The van der Waals surface area contributed by atoms with Crippen molar-refractivity contribution in [1.29, 1.82) is 0 Å². The molecular weight excluding hydrogens is 325 g/mol. The molecule has 0 aliphatic rings. The summed E-state index contributed by atoms with van der Waals surface area (Å²) in [5.41, 5.74) is 0.529. The molecule has 1 N–H and O–H groups in total. The lowest BCUT2D eigenvalue weighted by Gasteiger charge is -2.14. The highest BCUT2D eigenvalue weighted by atomic mass is 79.9. The molecule has 0 saturated heterocycles. The third kappa shape index (κ3) is 4.06. The first-order valence-corrected chi connectivity index (χ1v) is 6.82. The Morgan fingerprint density at radius 1 is 1.25 bits per heavy atom. The van der Waals surface area contributed by atoms with Crippen molar-refractivity contribution in [3.8, 4) is 5.75 Å². The number of amides is 1. The van der Waals surface area contributed by atoms with Gasteiger partial charge in [0.05, 0.1) is 0 Å². The van der Waals surface area contributed by atoms with Gasteiger partial charge in [0.2, 0.25) is 0 Å². The summed E-state index contributed by atoms with van der Waals surface area (Å²) in [6, 6.07) is 12.8. The second-order valence-electron chi connectivity index (χ2n) is 4.21. The first-order chi connectivity index (χ1) is 9.54. The van der Waals surface area contributed by atoms with Gasteiger partial charge in [0.15, 0.2) is 6.10 Å². The molecule has 3 nitrogen and oxygen atoms in total. The maximum atomic E-state index is 12.8. The van der Waals surface area contributed by atoms with Crippen LogP contribution in [-0.2, 0) is 4.79 Å². The summed E-state index contributed by atoms with van der Waals surface area (Å²) in [7, 11) is 0. The van der Waals surface area contributed by atoms with Crippen molar-refractivity contribution in [3.05, 3.63) is 58.8 Å². The Balaban J connectivity index is 1.96. The third-order valence-corrected chi connectivity index (χ3v) is 3.08. The van der Waals surface area contributed by atoms with Gasteiger partial charge in [-0.2, -0.15) is 0 Å². The van der Waals surface area contributed by atoms with Crippen molar-refractivity contribution < 1.29 is 13.9 Å². The van der Waals surface area contributed by atoms with Gasteiger partial charge in [-0.15, -0.1) is 0 Å². The van der Waals surface area contributed by atoms with Gasteiger partial charge in [-0.05, 0) is 49.4 Å². The molecule has 0 aliphatic carbocycles. The van der Waals surface area contributed by atoms with Crippen LogP contribution in [0.1, 0.15) is 6.92 Å². The van der Waals surface area contributed by atoms with Crippen molar-refractivity contribution in [3.63, 3.8) is 0 Å². The van der Waals surface area contributed by atoms with Crippen molar-refractivity contribution >= 4 is 27.5 Å². The van der Waals surface area contributed by atoms with E-state index in [9.17, 15) is 9.18 Å². The number of nitrogens with one attached hydrogen (secondary N) is 1. The van der Waals surface area contributed by atoms with Gasteiger partial charge in [0.25, 0.3) is 5.91 Å². The predicted octanol–water partition coefficient (Wildman–Crippen LogP) is 3.99. The zero-order valence-electron chi connectivity index (χ0n) is 10.8. The minimum absolute atomic E-state index is 0.295. The Hall–Kier alpha value is -1.88. The number of benzene rings is 2. The Morgan fingerprint density at radius 3 is 2.60 bits per heavy atom. The SMILES string of the molecule is C[C@@H](Oc1cccc(Br)c1)C(=O)Nc1ccc(F)cc1. The lowest BCUT2D eigenvalue weighted by Crippen LogP contribution is -2.30. The Morgan fingerprint density at radius 2 is 1.95 bits per heavy atom. The number of carbonyl (C=O) groups is 1. The number of hydrogen-bond donors (Lipinski definition) is 1. The highest BCUT2D eigenvalue weighted by Gasteiger charge is 2.14. The molecule has 104 valence electrons. The molecule has 0 bridgehead atoms. The van der Waals surface area contributed by atoms with Gasteiger partial charge < -0.3 is 10.1 Å². The second-order valence-corrected chi connectivity index (χ2v) is 5.13. The van der Waals surface area contributed by atoms with Crippen LogP contribution in [0.25, 0.3) is 0 Å². The number of hydrogen-bond acceptors (Lipinski definition) is 2. The molecule has 2 aromatic carbocycles. The van der Waals surface area contributed by atoms with Gasteiger partial charge in [-0.25, -0.2) is 4.39 Å². The fourth-order valence-corrected chi connectivity index (χ4v) is 1.95. The van der Waals surface area contributed by atoms with Crippen LogP contribution in [0.2, 0.25) is 0 Å². The number of anilines is 1. The van der Waals surface area contributed by atoms with E-state index in [2.05, 4.69) is 21.2 Å². The van der Waals surface area contributed by atoms with Gasteiger partial charge in [0, 0.05) is 10.2 Å². The van der Waals surface area contributed by atoms with Crippen molar-refractivity contribution in [2.24, 2.45) is 0 Å². The van der Waals surface area contributed by atoms with Gasteiger partial charge in [-0.1, -0.05) is 22.0 Å². The average molecular weight is 338 g/mol. The maximum absolute atomic E-state index is 12.8. The molecule has 0 unspecified atom stereocenters. The van der Waals surface area contributed by atoms with E-state index < -0.39 is 6.10 Å². The topological polar surface area (TPSA) is 38.3 Å². The summed E-state index contributed by atoms with van der Waals surface area (Å²) in [5.74, 6) is -0.0425. The second kappa shape index (κ2) is 6.52. The van der Waals surface area contributed by atoms with Crippen LogP contribution in [0, 0.1) is 5.82 Å². The molecule has 0 radical (unpaired) electrons. The van der Waals surface area contributed by atoms with E-state index in [0.717, 1.165) is 4.47 Å². The number of rotatable bonds is 4. The molecule has 0 saturated carbocycles. The van der Waals surface area contributed by atoms with Gasteiger partial charge >= 0.3 is 0 Å². The molecule has 0 spiro atoms. The summed E-state index contributed by atoms with van der Waals surface area (Å²) >= 11 is 3.33. The summed E-state index contributed by atoms with van der Waals surface area (Å²) in [6.07, 6.45) is -0.658. The van der Waals surface area contributed by atoms with Crippen LogP contribution in [0.5, 0.6) is 5.75 Å². The highest BCUT2D eigenvalue weighted by molar-refractivity contribution is 9.10. The summed E-state index contributed by atoms with van der Waals surface area (Å²) in [5, 5.41) is 2.66. The molecule has 0 heterocycles. The minimum Gasteiger partial charge on any atom is -0.481 e. The molecule has 5 heteroatoms. The molecule has 2 aromatic rings. The number of ether oxygens (including phenoxy) is 1. The molecule has 1 amide bonds. The van der Waals surface area contributed by atoms with Crippen molar-refractivity contribution in [2.45, 2.75) is 13.0 Å². The zero-order valence-corrected chi connectivity index (χ0v) is 12.4. The largest absolute Gasteiger partial charge is 0.481 e. The van der Waals surface area contributed by atoms with Crippen molar-refractivity contribution in [2.75, 3.05) is 5.32 Å². The summed E-state index contributed by atoms with van der Waals surface area (Å²) in [6.45, 7) is 1.65. The Labute approximate surface area is 124 Å². The summed E-state index contributed by atoms with van der Waals surface area (Å²) < 4.78 is 19.2. The van der Waals surface area contributed by atoms with Gasteiger partial charge in [0.1, 0.15) is 11.6 Å².